The van der Waals surface area contributed by atoms with Gasteiger partial charge in [-0.2, -0.15) is 0 Å². The minimum absolute atomic E-state index is 0.484. The number of unbranched alkanes of at least 4 members (excludes halogenated alkanes) is 2. The van der Waals surface area contributed by atoms with E-state index in [1.807, 2.05) is 6.07 Å². The maximum atomic E-state index is 3.47. The predicted molar refractivity (Wildman–Crippen MR) is 146 cm³/mol. The molecule has 3 aromatic rings. The molecule has 0 radical (unpaired) electrons. The van der Waals surface area contributed by atoms with Gasteiger partial charge < -0.3 is 15.1 Å². The zero-order chi connectivity index (χ0) is 23.6. The van der Waals surface area contributed by atoms with Crippen LogP contribution in [0.2, 0.25) is 0 Å². The number of hydrogen-bond donors (Lipinski definition) is 1. The first-order chi connectivity index (χ1) is 15.9. The minimum atomic E-state index is 0.484. The second-order valence-electron chi connectivity index (χ2n) is 9.51. The Kier molecular flexibility index (Phi) is 9.24. The van der Waals surface area contributed by atoms with Gasteiger partial charge in [0.25, 0.3) is 0 Å². The second-order valence-corrected chi connectivity index (χ2v) is 9.51. The van der Waals surface area contributed by atoms with Gasteiger partial charge in [-0.05, 0) is 102 Å². The number of aryl methyl sites for hydroxylation is 1. The molecule has 0 heterocycles. The van der Waals surface area contributed by atoms with Gasteiger partial charge in [-0.3, -0.25) is 0 Å². The summed E-state index contributed by atoms with van der Waals surface area (Å²) in [6.45, 7) is 13.5. The van der Waals surface area contributed by atoms with Gasteiger partial charge in [-0.1, -0.05) is 35.9 Å². The molecule has 0 spiro atoms. The molecule has 33 heavy (non-hydrogen) atoms. The zero-order valence-corrected chi connectivity index (χ0v) is 21.1. The monoisotopic (exact) mass is 443 g/mol. The molecule has 0 aliphatic heterocycles. The van der Waals surface area contributed by atoms with Gasteiger partial charge in [0, 0.05) is 47.9 Å². The van der Waals surface area contributed by atoms with Gasteiger partial charge in [0.1, 0.15) is 0 Å². The summed E-state index contributed by atoms with van der Waals surface area (Å²) in [7, 11) is 0. The van der Waals surface area contributed by atoms with Gasteiger partial charge >= 0.3 is 0 Å². The summed E-state index contributed by atoms with van der Waals surface area (Å²) < 4.78 is 0. The Hall–Kier alpha value is -2.94. The number of benzene rings is 3. The van der Waals surface area contributed by atoms with Crippen molar-refractivity contribution in [1.29, 1.82) is 0 Å². The lowest BCUT2D eigenvalue weighted by molar-refractivity contribution is 0.589. The highest BCUT2D eigenvalue weighted by Crippen LogP contribution is 2.24. The SMILES string of the molecule is Cc1ccc(N(CCCCCN(c2ccc(Nc3ccccc3)cc2)C(C)C)C(C)C)cc1. The lowest BCUT2D eigenvalue weighted by Gasteiger charge is -2.31. The number of rotatable bonds is 12. The van der Waals surface area contributed by atoms with Crippen molar-refractivity contribution in [2.45, 2.75) is 66.0 Å². The molecule has 0 unspecified atom stereocenters. The molecule has 3 heteroatoms. The topological polar surface area (TPSA) is 18.5 Å². The van der Waals surface area contributed by atoms with Crippen molar-refractivity contribution in [2.24, 2.45) is 0 Å². The summed E-state index contributed by atoms with van der Waals surface area (Å²) in [6, 6.07) is 29.1. The van der Waals surface area contributed by atoms with Crippen LogP contribution in [0.15, 0.2) is 78.9 Å². The zero-order valence-electron chi connectivity index (χ0n) is 21.1. The number of hydrogen-bond acceptors (Lipinski definition) is 3. The minimum Gasteiger partial charge on any atom is -0.369 e. The van der Waals surface area contributed by atoms with E-state index < -0.39 is 0 Å². The molecule has 0 saturated heterocycles. The van der Waals surface area contributed by atoms with Crippen LogP contribution in [0.1, 0.15) is 52.5 Å². The molecular formula is C30H41N3. The smallest absolute Gasteiger partial charge is 0.0385 e. The van der Waals surface area contributed by atoms with Crippen molar-refractivity contribution in [3.8, 4) is 0 Å². The van der Waals surface area contributed by atoms with Gasteiger partial charge in [0.15, 0.2) is 0 Å². The van der Waals surface area contributed by atoms with Crippen LogP contribution in [0.5, 0.6) is 0 Å². The molecule has 0 saturated carbocycles. The summed E-state index contributed by atoms with van der Waals surface area (Å²) in [4.78, 5) is 5.05. The first-order valence-electron chi connectivity index (χ1n) is 12.5. The Bertz CT molecular complexity index is 931. The molecule has 3 aromatic carbocycles. The standard InChI is InChI=1S/C30H41N3/c1-24(2)32(29-18-14-26(5)15-19-29)22-10-7-11-23-33(25(3)4)30-20-16-28(17-21-30)31-27-12-8-6-9-13-27/h6,8-9,12-21,24-25,31H,7,10-11,22-23H2,1-5H3. The van der Waals surface area contributed by atoms with Crippen molar-refractivity contribution < 1.29 is 0 Å². The molecular weight excluding hydrogens is 402 g/mol. The third-order valence-corrected chi connectivity index (χ3v) is 6.17. The Labute approximate surface area is 201 Å². The normalized spacial score (nSPS) is 11.1. The quantitative estimate of drug-likeness (QED) is 0.286. The number of nitrogens with one attached hydrogen (secondary N) is 1. The molecule has 3 rings (SSSR count). The van der Waals surface area contributed by atoms with Gasteiger partial charge in [0.05, 0.1) is 0 Å². The Balaban J connectivity index is 1.49. The average Bonchev–Trinajstić information content (AvgIpc) is 2.80. The van der Waals surface area contributed by atoms with Crippen LogP contribution in [-0.2, 0) is 0 Å². The first-order valence-corrected chi connectivity index (χ1v) is 12.5. The van der Waals surface area contributed by atoms with E-state index >= 15 is 0 Å². The van der Waals surface area contributed by atoms with Crippen molar-refractivity contribution in [1.82, 2.24) is 0 Å². The fraction of sp³-hybridized carbons (Fsp3) is 0.400. The number of para-hydroxylation sites is 1. The number of nitrogens with zero attached hydrogens (tertiary/aromatic N) is 2. The molecule has 0 aliphatic carbocycles. The Morgan fingerprint density at radius 1 is 0.576 bits per heavy atom. The van der Waals surface area contributed by atoms with Crippen molar-refractivity contribution in [3.63, 3.8) is 0 Å². The van der Waals surface area contributed by atoms with Crippen molar-refractivity contribution >= 4 is 22.7 Å². The molecule has 1 N–H and O–H groups in total. The van der Waals surface area contributed by atoms with E-state index in [4.69, 9.17) is 0 Å². The third-order valence-electron chi connectivity index (χ3n) is 6.17. The van der Waals surface area contributed by atoms with E-state index in [1.54, 1.807) is 0 Å². The molecule has 176 valence electrons. The number of anilines is 4. The molecule has 0 fully saturated rings. The Morgan fingerprint density at radius 3 is 1.52 bits per heavy atom. The lowest BCUT2D eigenvalue weighted by Crippen LogP contribution is -2.33. The fourth-order valence-corrected chi connectivity index (χ4v) is 4.27. The first kappa shape index (κ1) is 24.7. The summed E-state index contributed by atoms with van der Waals surface area (Å²) in [6.07, 6.45) is 3.67. The highest BCUT2D eigenvalue weighted by molar-refractivity contribution is 5.63. The maximum absolute atomic E-state index is 3.47. The lowest BCUT2D eigenvalue weighted by atomic mass is 10.1. The van der Waals surface area contributed by atoms with Gasteiger partial charge in [-0.25, -0.2) is 0 Å². The highest BCUT2D eigenvalue weighted by Gasteiger charge is 2.12. The maximum Gasteiger partial charge on any atom is 0.0385 e. The Morgan fingerprint density at radius 2 is 1.03 bits per heavy atom. The summed E-state index contributed by atoms with van der Waals surface area (Å²) >= 11 is 0. The van der Waals surface area contributed by atoms with E-state index in [-0.39, 0.29) is 0 Å². The van der Waals surface area contributed by atoms with Crippen LogP contribution in [-0.4, -0.2) is 25.2 Å². The molecule has 0 aromatic heterocycles. The van der Waals surface area contributed by atoms with Crippen LogP contribution >= 0.6 is 0 Å². The largest absolute Gasteiger partial charge is 0.369 e. The predicted octanol–water partition coefficient (Wildman–Crippen LogP) is 8.04. The average molecular weight is 444 g/mol. The van der Waals surface area contributed by atoms with Crippen LogP contribution in [0, 0.1) is 6.92 Å². The van der Waals surface area contributed by atoms with Crippen molar-refractivity contribution in [3.05, 3.63) is 84.4 Å². The van der Waals surface area contributed by atoms with Crippen LogP contribution in [0.25, 0.3) is 0 Å². The molecule has 0 bridgehead atoms. The molecule has 0 aliphatic rings. The van der Waals surface area contributed by atoms with E-state index in [2.05, 4.69) is 123 Å². The fourth-order valence-electron chi connectivity index (χ4n) is 4.27. The van der Waals surface area contributed by atoms with Crippen LogP contribution in [0.3, 0.4) is 0 Å². The van der Waals surface area contributed by atoms with Crippen LogP contribution < -0.4 is 15.1 Å². The molecule has 3 nitrogen and oxygen atoms in total. The third kappa shape index (κ3) is 7.56. The molecule has 0 amide bonds. The van der Waals surface area contributed by atoms with Gasteiger partial charge in [-0.15, -0.1) is 0 Å². The van der Waals surface area contributed by atoms with E-state index in [9.17, 15) is 0 Å². The van der Waals surface area contributed by atoms with E-state index in [1.165, 1.54) is 36.2 Å². The summed E-state index contributed by atoms with van der Waals surface area (Å²) in [5.41, 5.74) is 6.20. The highest BCUT2D eigenvalue weighted by atomic mass is 15.2. The molecule has 0 atom stereocenters. The van der Waals surface area contributed by atoms with Crippen LogP contribution in [0.4, 0.5) is 22.7 Å². The van der Waals surface area contributed by atoms with Crippen molar-refractivity contribution in [2.75, 3.05) is 28.2 Å². The van der Waals surface area contributed by atoms with E-state index in [0.717, 1.165) is 24.5 Å². The van der Waals surface area contributed by atoms with E-state index in [0.29, 0.717) is 12.1 Å². The summed E-state index contributed by atoms with van der Waals surface area (Å²) in [5, 5.41) is 3.47. The summed E-state index contributed by atoms with van der Waals surface area (Å²) in [5.74, 6) is 0. The second kappa shape index (κ2) is 12.3. The van der Waals surface area contributed by atoms with Gasteiger partial charge in [0.2, 0.25) is 0 Å².